The Morgan fingerprint density at radius 3 is 2.57 bits per heavy atom. The number of likely N-dealkylation sites (tertiary alicyclic amines) is 1. The molecule has 0 N–H and O–H groups in total. The van der Waals surface area contributed by atoms with Gasteiger partial charge in [0.05, 0.1) is 6.20 Å². The predicted molar refractivity (Wildman–Crippen MR) is 110 cm³/mol. The first-order chi connectivity index (χ1) is 13.7. The van der Waals surface area contributed by atoms with Crippen LogP contribution in [-0.2, 0) is 18.3 Å². The van der Waals surface area contributed by atoms with Crippen molar-refractivity contribution in [3.05, 3.63) is 48.5 Å². The van der Waals surface area contributed by atoms with E-state index in [1.807, 2.05) is 30.3 Å². The maximum Gasteiger partial charge on any atom is 0.142 e. The van der Waals surface area contributed by atoms with Gasteiger partial charge in [0.1, 0.15) is 5.78 Å². The third kappa shape index (κ3) is 3.59. The number of hydrogen-bond donors (Lipinski definition) is 0. The minimum Gasteiger partial charge on any atom is -0.300 e. The quantitative estimate of drug-likeness (QED) is 0.684. The Morgan fingerprint density at radius 1 is 1.04 bits per heavy atom. The molecule has 5 nitrogen and oxygen atoms in total. The normalized spacial score (nSPS) is 18.6. The molecule has 1 aliphatic heterocycles. The van der Waals surface area contributed by atoms with Crippen LogP contribution in [0.4, 0.5) is 0 Å². The molecule has 1 saturated heterocycles. The number of Topliss-reactive ketones (excluding diaryl/α,β-unsaturated/α-hetero) is 1. The lowest BCUT2D eigenvalue weighted by molar-refractivity contribution is -0.123. The number of piperidine rings is 1. The minimum absolute atomic E-state index is 0.203. The molecule has 0 spiro atoms. The van der Waals surface area contributed by atoms with Gasteiger partial charge in [-0.15, -0.1) is 0 Å². The summed E-state index contributed by atoms with van der Waals surface area (Å²) in [6, 6.07) is 9.23. The maximum absolute atomic E-state index is 12.8. The molecule has 2 aliphatic rings. The summed E-state index contributed by atoms with van der Waals surface area (Å²) in [7, 11) is 1.92. The molecule has 2 fully saturated rings. The van der Waals surface area contributed by atoms with Crippen LogP contribution in [0.2, 0.25) is 0 Å². The van der Waals surface area contributed by atoms with Crippen LogP contribution < -0.4 is 0 Å². The van der Waals surface area contributed by atoms with Crippen molar-refractivity contribution < 1.29 is 4.79 Å². The van der Waals surface area contributed by atoms with E-state index in [0.717, 1.165) is 59.6 Å². The second-order valence-corrected chi connectivity index (χ2v) is 8.32. The van der Waals surface area contributed by atoms with E-state index in [1.165, 1.54) is 12.8 Å². The molecule has 2 aromatic heterocycles. The van der Waals surface area contributed by atoms with Crippen LogP contribution in [0.1, 0.15) is 31.4 Å². The highest BCUT2D eigenvalue weighted by atomic mass is 16.1. The molecule has 0 unspecified atom stereocenters. The number of nitrogens with zero attached hydrogens (tertiary/aromatic N) is 4. The number of carbonyl (C=O) groups excluding carboxylic acids is 1. The summed E-state index contributed by atoms with van der Waals surface area (Å²) < 4.78 is 1.81. The van der Waals surface area contributed by atoms with Crippen molar-refractivity contribution in [2.45, 2.75) is 38.1 Å². The van der Waals surface area contributed by atoms with Gasteiger partial charge in [-0.25, -0.2) is 0 Å². The molecule has 0 bridgehead atoms. The third-order valence-corrected chi connectivity index (χ3v) is 6.22. The summed E-state index contributed by atoms with van der Waals surface area (Å²) >= 11 is 0. The van der Waals surface area contributed by atoms with E-state index in [9.17, 15) is 4.79 Å². The molecule has 1 aliphatic carbocycles. The highest BCUT2D eigenvalue weighted by Crippen LogP contribution is 2.31. The van der Waals surface area contributed by atoms with Gasteiger partial charge in [-0.3, -0.25) is 14.5 Å². The molecule has 5 rings (SSSR count). The smallest absolute Gasteiger partial charge is 0.142 e. The molecule has 3 aromatic rings. The van der Waals surface area contributed by atoms with Crippen LogP contribution in [0.25, 0.3) is 21.9 Å². The SMILES string of the molecule is Cn1cc(-c2ccc3cnc(CC(=O)C4CCN(C5CC5)CC4)cc3c2)cn1. The molecule has 0 amide bonds. The lowest BCUT2D eigenvalue weighted by atomic mass is 9.90. The first kappa shape index (κ1) is 17.6. The standard InChI is InChI=1S/C23H26N4O/c1-26-15-20(14-25-26)17-2-3-18-13-24-21(11-19(18)10-17)12-23(28)16-6-8-27(9-7-16)22-4-5-22/h2-3,10-11,13-16,22H,4-9,12H2,1H3. The number of benzene rings is 1. The van der Waals surface area contributed by atoms with E-state index in [4.69, 9.17) is 0 Å². The molecule has 3 heterocycles. The minimum atomic E-state index is 0.203. The second-order valence-electron chi connectivity index (χ2n) is 8.32. The average Bonchev–Trinajstić information content (AvgIpc) is 3.48. The molecule has 28 heavy (non-hydrogen) atoms. The number of fused-ring (bicyclic) bond motifs is 1. The number of aryl methyl sites for hydroxylation is 1. The second kappa shape index (κ2) is 7.13. The van der Waals surface area contributed by atoms with Crippen molar-refractivity contribution in [1.29, 1.82) is 0 Å². The molecule has 1 aromatic carbocycles. The molecule has 144 valence electrons. The molecule has 0 radical (unpaired) electrons. The highest BCUT2D eigenvalue weighted by molar-refractivity contribution is 5.88. The Bertz CT molecular complexity index is 1010. The Balaban J connectivity index is 1.30. The molecular weight excluding hydrogens is 348 g/mol. The van der Waals surface area contributed by atoms with Gasteiger partial charge >= 0.3 is 0 Å². The Kier molecular flexibility index (Phi) is 4.47. The predicted octanol–water partition coefficient (Wildman–Crippen LogP) is 3.62. The Hall–Kier alpha value is -2.53. The van der Waals surface area contributed by atoms with Crippen LogP contribution in [0.15, 0.2) is 42.9 Å². The van der Waals surface area contributed by atoms with Crippen molar-refractivity contribution in [3.8, 4) is 11.1 Å². The monoisotopic (exact) mass is 374 g/mol. The molecular formula is C23H26N4O. The summed E-state index contributed by atoms with van der Waals surface area (Å²) in [5.74, 6) is 0.555. The van der Waals surface area contributed by atoms with E-state index in [-0.39, 0.29) is 5.92 Å². The van der Waals surface area contributed by atoms with Gasteiger partial charge in [0.2, 0.25) is 0 Å². The first-order valence-corrected chi connectivity index (χ1v) is 10.3. The van der Waals surface area contributed by atoms with E-state index in [1.54, 1.807) is 0 Å². The van der Waals surface area contributed by atoms with Gasteiger partial charge < -0.3 is 4.90 Å². The van der Waals surface area contributed by atoms with Gasteiger partial charge in [-0.05, 0) is 61.9 Å². The zero-order chi connectivity index (χ0) is 19.1. The van der Waals surface area contributed by atoms with Gasteiger partial charge in [-0.2, -0.15) is 5.10 Å². The van der Waals surface area contributed by atoms with Crippen LogP contribution in [0.3, 0.4) is 0 Å². The third-order valence-electron chi connectivity index (χ3n) is 6.22. The van der Waals surface area contributed by atoms with Crippen molar-refractivity contribution in [2.75, 3.05) is 13.1 Å². The largest absolute Gasteiger partial charge is 0.300 e. The van der Waals surface area contributed by atoms with E-state index in [0.29, 0.717) is 12.2 Å². The topological polar surface area (TPSA) is 51.0 Å². The number of ketones is 1. The van der Waals surface area contributed by atoms with Crippen molar-refractivity contribution >= 4 is 16.6 Å². The summed E-state index contributed by atoms with van der Waals surface area (Å²) in [6.45, 7) is 2.17. The fourth-order valence-electron chi connectivity index (χ4n) is 4.38. The summed E-state index contributed by atoms with van der Waals surface area (Å²) in [6.07, 6.45) is 10.9. The van der Waals surface area contributed by atoms with Gasteiger partial charge in [-0.1, -0.05) is 12.1 Å². The van der Waals surface area contributed by atoms with Gasteiger partial charge in [0, 0.05) is 54.5 Å². The fraction of sp³-hybridized carbons (Fsp3) is 0.435. The first-order valence-electron chi connectivity index (χ1n) is 10.3. The van der Waals surface area contributed by atoms with Gasteiger partial charge in [0.15, 0.2) is 0 Å². The number of pyridine rings is 1. The zero-order valence-corrected chi connectivity index (χ0v) is 16.3. The average molecular weight is 374 g/mol. The van der Waals surface area contributed by atoms with Crippen LogP contribution >= 0.6 is 0 Å². The summed E-state index contributed by atoms with van der Waals surface area (Å²) in [5, 5.41) is 6.48. The summed E-state index contributed by atoms with van der Waals surface area (Å²) in [4.78, 5) is 19.9. The lowest BCUT2D eigenvalue weighted by Crippen LogP contribution is -2.38. The fourth-order valence-corrected chi connectivity index (χ4v) is 4.38. The molecule has 1 saturated carbocycles. The Labute approximate surface area is 165 Å². The maximum atomic E-state index is 12.8. The number of carbonyl (C=O) groups is 1. The number of rotatable bonds is 5. The van der Waals surface area contributed by atoms with Crippen LogP contribution in [0.5, 0.6) is 0 Å². The van der Waals surface area contributed by atoms with Crippen LogP contribution in [-0.4, -0.2) is 44.6 Å². The van der Waals surface area contributed by atoms with Crippen LogP contribution in [0, 0.1) is 5.92 Å². The van der Waals surface area contributed by atoms with Gasteiger partial charge in [0.25, 0.3) is 0 Å². The van der Waals surface area contributed by atoms with Crippen molar-refractivity contribution in [3.63, 3.8) is 0 Å². The summed E-state index contributed by atoms with van der Waals surface area (Å²) in [5.41, 5.74) is 3.11. The van der Waals surface area contributed by atoms with E-state index < -0.39 is 0 Å². The molecule has 5 heteroatoms. The lowest BCUT2D eigenvalue weighted by Gasteiger charge is -2.31. The van der Waals surface area contributed by atoms with E-state index in [2.05, 4.69) is 39.2 Å². The number of aromatic nitrogens is 3. The van der Waals surface area contributed by atoms with Crippen molar-refractivity contribution in [2.24, 2.45) is 13.0 Å². The van der Waals surface area contributed by atoms with Crippen molar-refractivity contribution in [1.82, 2.24) is 19.7 Å². The molecule has 0 atom stereocenters. The Morgan fingerprint density at radius 2 is 1.86 bits per heavy atom. The highest BCUT2D eigenvalue weighted by Gasteiger charge is 2.33. The van der Waals surface area contributed by atoms with E-state index >= 15 is 0 Å². The number of hydrogen-bond acceptors (Lipinski definition) is 4. The zero-order valence-electron chi connectivity index (χ0n) is 16.3.